The summed E-state index contributed by atoms with van der Waals surface area (Å²) in [5.74, 6) is -0.229. The van der Waals surface area contributed by atoms with Crippen molar-refractivity contribution in [1.29, 1.82) is 0 Å². The summed E-state index contributed by atoms with van der Waals surface area (Å²) in [7, 11) is 0. The number of hydrogen-bond donors (Lipinski definition) is 1. The number of carbonyl (C=O) groups excluding carboxylic acids is 1. The van der Waals surface area contributed by atoms with Gasteiger partial charge in [0, 0.05) is 11.8 Å². The second-order valence-electron chi connectivity index (χ2n) is 4.86. The molecule has 1 unspecified atom stereocenters. The lowest BCUT2D eigenvalue weighted by Gasteiger charge is -2.11. The first-order valence-corrected chi connectivity index (χ1v) is 7.06. The van der Waals surface area contributed by atoms with Gasteiger partial charge in [-0.25, -0.2) is 0 Å². The quantitative estimate of drug-likeness (QED) is 0.676. The standard InChI is InChI=1S/C15H12Cl2N2O/c16-11-6-9(7-12(17)13(11)18)15(20)10-4-3-8-2-1-5-19-14(8)10/h1-2,5-7,10H,3-4,18H2. The number of carbonyl (C=O) groups is 1. The lowest BCUT2D eigenvalue weighted by atomic mass is 9.95. The summed E-state index contributed by atoms with van der Waals surface area (Å²) in [4.78, 5) is 17.0. The fourth-order valence-corrected chi connectivity index (χ4v) is 3.08. The summed E-state index contributed by atoms with van der Waals surface area (Å²) in [5.41, 5.74) is 8.48. The molecule has 3 nitrogen and oxygen atoms in total. The van der Waals surface area contributed by atoms with E-state index in [4.69, 9.17) is 28.9 Å². The summed E-state index contributed by atoms with van der Waals surface area (Å²) in [5, 5.41) is 0.611. The summed E-state index contributed by atoms with van der Waals surface area (Å²) in [6.45, 7) is 0. The van der Waals surface area contributed by atoms with E-state index >= 15 is 0 Å². The highest BCUT2D eigenvalue weighted by Crippen LogP contribution is 2.36. The fraction of sp³-hybridized carbons (Fsp3) is 0.200. The van der Waals surface area contributed by atoms with Gasteiger partial charge in [-0.1, -0.05) is 29.3 Å². The zero-order chi connectivity index (χ0) is 14.3. The Balaban J connectivity index is 1.99. The molecule has 2 aromatic rings. The molecule has 0 bridgehead atoms. The highest BCUT2D eigenvalue weighted by molar-refractivity contribution is 6.39. The minimum atomic E-state index is -0.220. The van der Waals surface area contributed by atoms with Crippen LogP contribution in [0.3, 0.4) is 0 Å². The molecular formula is C15H12Cl2N2O. The Morgan fingerprint density at radius 1 is 1.30 bits per heavy atom. The summed E-state index contributed by atoms with van der Waals surface area (Å²) >= 11 is 12.0. The first kappa shape index (κ1) is 13.4. The van der Waals surface area contributed by atoms with E-state index in [2.05, 4.69) is 4.98 Å². The molecule has 3 rings (SSSR count). The van der Waals surface area contributed by atoms with Gasteiger partial charge < -0.3 is 5.73 Å². The predicted octanol–water partition coefficient (Wildman–Crippen LogP) is 3.88. The highest BCUT2D eigenvalue weighted by atomic mass is 35.5. The number of anilines is 1. The van der Waals surface area contributed by atoms with Gasteiger partial charge in [0.05, 0.1) is 27.3 Å². The van der Waals surface area contributed by atoms with E-state index in [9.17, 15) is 4.79 Å². The van der Waals surface area contributed by atoms with E-state index in [1.165, 1.54) is 0 Å². The van der Waals surface area contributed by atoms with Gasteiger partial charge in [-0.15, -0.1) is 0 Å². The zero-order valence-electron chi connectivity index (χ0n) is 10.6. The van der Waals surface area contributed by atoms with E-state index in [0.29, 0.717) is 21.3 Å². The van der Waals surface area contributed by atoms with Crippen LogP contribution in [0.15, 0.2) is 30.5 Å². The number of halogens is 2. The van der Waals surface area contributed by atoms with Crippen molar-refractivity contribution in [1.82, 2.24) is 4.98 Å². The molecule has 0 saturated heterocycles. The molecule has 1 heterocycles. The van der Waals surface area contributed by atoms with Gasteiger partial charge in [0.2, 0.25) is 0 Å². The number of rotatable bonds is 2. The molecule has 0 aliphatic heterocycles. The monoisotopic (exact) mass is 306 g/mol. The van der Waals surface area contributed by atoms with E-state index < -0.39 is 0 Å². The number of fused-ring (bicyclic) bond motifs is 1. The predicted molar refractivity (Wildman–Crippen MR) is 80.5 cm³/mol. The Labute approximate surface area is 126 Å². The number of Topliss-reactive ketones (excluding diaryl/α,β-unsaturated/α-hetero) is 1. The van der Waals surface area contributed by atoms with Crippen molar-refractivity contribution in [3.63, 3.8) is 0 Å². The summed E-state index contributed by atoms with van der Waals surface area (Å²) in [6, 6.07) is 7.05. The SMILES string of the molecule is Nc1c(Cl)cc(C(=O)C2CCc3cccnc32)cc1Cl. The van der Waals surface area contributed by atoms with Crippen LogP contribution in [-0.2, 0) is 6.42 Å². The number of nitrogens with zero attached hydrogens (tertiary/aromatic N) is 1. The first-order chi connectivity index (χ1) is 9.58. The van der Waals surface area contributed by atoms with Gasteiger partial charge >= 0.3 is 0 Å². The highest BCUT2D eigenvalue weighted by Gasteiger charge is 2.30. The lowest BCUT2D eigenvalue weighted by Crippen LogP contribution is -2.11. The zero-order valence-corrected chi connectivity index (χ0v) is 12.1. The van der Waals surface area contributed by atoms with E-state index in [1.807, 2.05) is 12.1 Å². The molecule has 5 heteroatoms. The number of pyridine rings is 1. The molecule has 1 aromatic heterocycles. The Kier molecular flexibility index (Phi) is 3.40. The lowest BCUT2D eigenvalue weighted by molar-refractivity contribution is 0.0958. The molecule has 0 fully saturated rings. The molecule has 0 saturated carbocycles. The minimum Gasteiger partial charge on any atom is -0.396 e. The molecular weight excluding hydrogens is 295 g/mol. The van der Waals surface area contributed by atoms with Crippen molar-refractivity contribution in [3.05, 3.63) is 57.3 Å². The average molecular weight is 307 g/mol. The topological polar surface area (TPSA) is 56.0 Å². The van der Waals surface area contributed by atoms with Crippen molar-refractivity contribution in [2.24, 2.45) is 0 Å². The van der Waals surface area contributed by atoms with Crippen LogP contribution in [0.4, 0.5) is 5.69 Å². The maximum Gasteiger partial charge on any atom is 0.172 e. The number of aromatic nitrogens is 1. The number of nitrogens with two attached hydrogens (primary N) is 1. The van der Waals surface area contributed by atoms with Crippen LogP contribution in [0, 0.1) is 0 Å². The largest absolute Gasteiger partial charge is 0.396 e. The van der Waals surface area contributed by atoms with Crippen LogP contribution >= 0.6 is 23.2 Å². The Morgan fingerprint density at radius 2 is 2.00 bits per heavy atom. The molecule has 1 aromatic carbocycles. The second kappa shape index (κ2) is 5.08. The van der Waals surface area contributed by atoms with Crippen LogP contribution in [0.2, 0.25) is 10.0 Å². The molecule has 1 atom stereocenters. The summed E-state index contributed by atoms with van der Waals surface area (Å²) < 4.78 is 0. The van der Waals surface area contributed by atoms with E-state index in [1.54, 1.807) is 18.3 Å². The van der Waals surface area contributed by atoms with Gasteiger partial charge in [0.15, 0.2) is 5.78 Å². The molecule has 0 amide bonds. The molecule has 0 radical (unpaired) electrons. The van der Waals surface area contributed by atoms with Crippen molar-refractivity contribution in [3.8, 4) is 0 Å². The maximum atomic E-state index is 12.6. The normalized spacial score (nSPS) is 17.0. The van der Waals surface area contributed by atoms with Gasteiger partial charge in [0.25, 0.3) is 0 Å². The Bertz CT molecular complexity index is 677. The molecule has 0 spiro atoms. The van der Waals surface area contributed by atoms with E-state index in [-0.39, 0.29) is 11.7 Å². The van der Waals surface area contributed by atoms with Crippen LogP contribution in [0.1, 0.15) is 34.0 Å². The Hall–Kier alpha value is -1.58. The van der Waals surface area contributed by atoms with E-state index in [0.717, 1.165) is 24.1 Å². The number of hydrogen-bond acceptors (Lipinski definition) is 3. The second-order valence-corrected chi connectivity index (χ2v) is 5.67. The van der Waals surface area contributed by atoms with Gasteiger partial charge in [0.1, 0.15) is 0 Å². The number of ketones is 1. The third kappa shape index (κ3) is 2.17. The van der Waals surface area contributed by atoms with Gasteiger partial charge in [-0.05, 0) is 36.6 Å². The number of benzene rings is 1. The third-order valence-electron chi connectivity index (χ3n) is 3.64. The number of aryl methyl sites for hydroxylation is 1. The maximum absolute atomic E-state index is 12.6. The molecule has 1 aliphatic rings. The van der Waals surface area contributed by atoms with Crippen LogP contribution < -0.4 is 5.73 Å². The molecule has 102 valence electrons. The van der Waals surface area contributed by atoms with Crippen molar-refractivity contribution >= 4 is 34.7 Å². The summed E-state index contributed by atoms with van der Waals surface area (Å²) in [6.07, 6.45) is 3.36. The third-order valence-corrected chi connectivity index (χ3v) is 4.26. The van der Waals surface area contributed by atoms with Gasteiger partial charge in [-0.3, -0.25) is 9.78 Å². The molecule has 2 N–H and O–H groups in total. The Morgan fingerprint density at radius 3 is 2.70 bits per heavy atom. The number of nitrogen functional groups attached to an aromatic ring is 1. The molecule has 20 heavy (non-hydrogen) atoms. The molecule has 1 aliphatic carbocycles. The first-order valence-electron chi connectivity index (χ1n) is 6.30. The van der Waals surface area contributed by atoms with Crippen LogP contribution in [0.5, 0.6) is 0 Å². The van der Waals surface area contributed by atoms with Crippen LogP contribution in [-0.4, -0.2) is 10.8 Å². The van der Waals surface area contributed by atoms with Crippen molar-refractivity contribution in [2.75, 3.05) is 5.73 Å². The average Bonchev–Trinajstić information content (AvgIpc) is 2.87. The van der Waals surface area contributed by atoms with Crippen LogP contribution in [0.25, 0.3) is 0 Å². The minimum absolute atomic E-state index is 0.00810. The fourth-order valence-electron chi connectivity index (χ4n) is 2.60. The van der Waals surface area contributed by atoms with Crippen molar-refractivity contribution < 1.29 is 4.79 Å². The smallest absolute Gasteiger partial charge is 0.172 e. The van der Waals surface area contributed by atoms with Crippen molar-refractivity contribution in [2.45, 2.75) is 18.8 Å². The van der Waals surface area contributed by atoms with Gasteiger partial charge in [-0.2, -0.15) is 0 Å².